The van der Waals surface area contributed by atoms with Gasteiger partial charge in [-0.3, -0.25) is 9.59 Å². The Bertz CT molecular complexity index is 289. The minimum atomic E-state index is -0.710. The van der Waals surface area contributed by atoms with E-state index in [0.717, 1.165) is 19.3 Å². The Morgan fingerprint density at radius 2 is 2.00 bits per heavy atom. The lowest BCUT2D eigenvalue weighted by Crippen LogP contribution is -2.46. The summed E-state index contributed by atoms with van der Waals surface area (Å²) < 4.78 is 0. The van der Waals surface area contributed by atoms with E-state index >= 15 is 0 Å². The maximum absolute atomic E-state index is 11.8. The number of hydrogen-bond acceptors (Lipinski definition) is 3. The largest absolute Gasteiger partial charge is 0.369 e. The first-order valence-electron chi connectivity index (χ1n) is 5.68. The number of hydrogen-bond donors (Lipinski definition) is 3. The van der Waals surface area contributed by atoms with E-state index in [9.17, 15) is 9.59 Å². The van der Waals surface area contributed by atoms with Gasteiger partial charge >= 0.3 is 0 Å². The van der Waals surface area contributed by atoms with Gasteiger partial charge in [-0.05, 0) is 26.7 Å². The zero-order chi connectivity index (χ0) is 12.3. The van der Waals surface area contributed by atoms with E-state index in [4.69, 9.17) is 11.5 Å². The average Bonchev–Trinajstić information content (AvgIpc) is 2.61. The number of carbonyl (C=O) groups is 2. The number of rotatable bonds is 4. The molecule has 0 aromatic carbocycles. The molecule has 92 valence electrons. The summed E-state index contributed by atoms with van der Waals surface area (Å²) in [7, 11) is 0. The molecule has 0 bridgehead atoms. The van der Waals surface area contributed by atoms with Crippen molar-refractivity contribution >= 4 is 11.8 Å². The predicted molar refractivity (Wildman–Crippen MR) is 61.3 cm³/mol. The highest BCUT2D eigenvalue weighted by Crippen LogP contribution is 2.24. The summed E-state index contributed by atoms with van der Waals surface area (Å²) in [6, 6.07) is -0.0447. The molecule has 0 radical (unpaired) electrons. The molecule has 1 saturated carbocycles. The Kier molecular flexibility index (Phi) is 3.91. The van der Waals surface area contributed by atoms with Gasteiger partial charge in [-0.1, -0.05) is 6.42 Å². The van der Waals surface area contributed by atoms with Crippen LogP contribution in [-0.2, 0) is 9.59 Å². The zero-order valence-electron chi connectivity index (χ0n) is 9.95. The minimum absolute atomic E-state index is 0.0447. The van der Waals surface area contributed by atoms with E-state index < -0.39 is 11.3 Å². The molecule has 5 nitrogen and oxygen atoms in total. The van der Waals surface area contributed by atoms with Crippen molar-refractivity contribution in [3.63, 3.8) is 0 Å². The monoisotopic (exact) mass is 227 g/mol. The fourth-order valence-electron chi connectivity index (χ4n) is 1.84. The molecule has 1 aliphatic carbocycles. The smallest absolute Gasteiger partial charge is 0.224 e. The molecule has 2 unspecified atom stereocenters. The van der Waals surface area contributed by atoms with E-state index in [0.29, 0.717) is 0 Å². The van der Waals surface area contributed by atoms with Crippen molar-refractivity contribution in [2.75, 3.05) is 6.54 Å². The number of carbonyl (C=O) groups excluding carboxylic acids is 2. The highest BCUT2D eigenvalue weighted by atomic mass is 16.2. The molecule has 0 aromatic rings. The molecule has 16 heavy (non-hydrogen) atoms. The highest BCUT2D eigenvalue weighted by Gasteiger charge is 2.32. The molecule has 5 heteroatoms. The van der Waals surface area contributed by atoms with Gasteiger partial charge in [0.25, 0.3) is 0 Å². The molecule has 5 N–H and O–H groups in total. The van der Waals surface area contributed by atoms with Gasteiger partial charge in [-0.25, -0.2) is 0 Å². The first-order chi connectivity index (χ1) is 7.34. The van der Waals surface area contributed by atoms with Crippen LogP contribution in [0.15, 0.2) is 0 Å². The predicted octanol–water partition coefficient (Wildman–Crippen LogP) is -0.258. The molecule has 0 saturated heterocycles. The molecular weight excluding hydrogens is 206 g/mol. The summed E-state index contributed by atoms with van der Waals surface area (Å²) >= 11 is 0. The van der Waals surface area contributed by atoms with E-state index in [1.54, 1.807) is 13.8 Å². The first kappa shape index (κ1) is 13.0. The number of primary amides is 1. The zero-order valence-corrected chi connectivity index (χ0v) is 9.95. The van der Waals surface area contributed by atoms with Gasteiger partial charge in [-0.2, -0.15) is 0 Å². The fourth-order valence-corrected chi connectivity index (χ4v) is 1.84. The van der Waals surface area contributed by atoms with Gasteiger partial charge in [0.15, 0.2) is 0 Å². The molecule has 2 atom stereocenters. The molecule has 0 spiro atoms. The molecule has 0 aliphatic heterocycles. The van der Waals surface area contributed by atoms with Crippen molar-refractivity contribution in [3.8, 4) is 0 Å². The molecule has 1 rings (SSSR count). The van der Waals surface area contributed by atoms with Crippen LogP contribution in [0.4, 0.5) is 0 Å². The first-order valence-corrected chi connectivity index (χ1v) is 5.68. The van der Waals surface area contributed by atoms with Crippen LogP contribution >= 0.6 is 0 Å². The number of nitrogens with one attached hydrogen (secondary N) is 1. The Morgan fingerprint density at radius 1 is 1.38 bits per heavy atom. The lowest BCUT2D eigenvalue weighted by molar-refractivity contribution is -0.128. The van der Waals surface area contributed by atoms with Crippen LogP contribution in [0.5, 0.6) is 0 Å². The SMILES string of the molecule is CC(C)(CNC(=O)C1CCCC1N)C(N)=O. The van der Waals surface area contributed by atoms with Crippen LogP contribution in [0.3, 0.4) is 0 Å². The summed E-state index contributed by atoms with van der Waals surface area (Å²) in [5.41, 5.74) is 10.3. The minimum Gasteiger partial charge on any atom is -0.369 e. The summed E-state index contributed by atoms with van der Waals surface area (Å²) in [5.74, 6) is -0.577. The van der Waals surface area contributed by atoms with Crippen molar-refractivity contribution in [1.82, 2.24) is 5.32 Å². The van der Waals surface area contributed by atoms with Crippen LogP contribution in [0.2, 0.25) is 0 Å². The number of amides is 2. The van der Waals surface area contributed by atoms with Crippen LogP contribution in [-0.4, -0.2) is 24.4 Å². The standard InChI is InChI=1S/C11H21N3O2/c1-11(2,10(13)16)6-14-9(15)7-4-3-5-8(7)12/h7-8H,3-6,12H2,1-2H3,(H2,13,16)(H,14,15). The van der Waals surface area contributed by atoms with Gasteiger partial charge in [-0.15, -0.1) is 0 Å². The van der Waals surface area contributed by atoms with Crippen LogP contribution in [0.1, 0.15) is 33.1 Å². The molecular formula is C11H21N3O2. The second kappa shape index (κ2) is 4.82. The Balaban J connectivity index is 2.44. The maximum Gasteiger partial charge on any atom is 0.224 e. The second-order valence-electron chi connectivity index (χ2n) is 5.17. The van der Waals surface area contributed by atoms with Crippen LogP contribution in [0.25, 0.3) is 0 Å². The third kappa shape index (κ3) is 2.95. The van der Waals surface area contributed by atoms with Gasteiger partial charge in [0.2, 0.25) is 11.8 Å². The van der Waals surface area contributed by atoms with E-state index in [1.165, 1.54) is 0 Å². The quantitative estimate of drug-likeness (QED) is 0.617. The average molecular weight is 227 g/mol. The van der Waals surface area contributed by atoms with E-state index in [2.05, 4.69) is 5.32 Å². The summed E-state index contributed by atoms with van der Waals surface area (Å²) in [6.45, 7) is 3.69. The van der Waals surface area contributed by atoms with Crippen molar-refractivity contribution in [2.45, 2.75) is 39.2 Å². The van der Waals surface area contributed by atoms with E-state index in [-0.39, 0.29) is 24.4 Å². The van der Waals surface area contributed by atoms with Gasteiger partial charge < -0.3 is 16.8 Å². The lowest BCUT2D eigenvalue weighted by Gasteiger charge is -2.23. The summed E-state index contributed by atoms with van der Waals surface area (Å²) in [4.78, 5) is 22.8. The second-order valence-corrected chi connectivity index (χ2v) is 5.17. The fraction of sp³-hybridized carbons (Fsp3) is 0.818. The van der Waals surface area contributed by atoms with Crippen LogP contribution in [0, 0.1) is 11.3 Å². The molecule has 1 fully saturated rings. The molecule has 0 aromatic heterocycles. The third-order valence-corrected chi connectivity index (χ3v) is 3.28. The maximum atomic E-state index is 11.8. The van der Waals surface area contributed by atoms with Gasteiger partial charge in [0.1, 0.15) is 0 Å². The topological polar surface area (TPSA) is 98.2 Å². The van der Waals surface area contributed by atoms with Crippen molar-refractivity contribution in [2.24, 2.45) is 22.8 Å². The number of nitrogens with two attached hydrogens (primary N) is 2. The van der Waals surface area contributed by atoms with Crippen molar-refractivity contribution < 1.29 is 9.59 Å². The normalized spacial score (nSPS) is 25.4. The third-order valence-electron chi connectivity index (χ3n) is 3.28. The molecule has 1 aliphatic rings. The Morgan fingerprint density at radius 3 is 2.44 bits per heavy atom. The summed E-state index contributed by atoms with van der Waals surface area (Å²) in [5, 5.41) is 2.76. The lowest BCUT2D eigenvalue weighted by atomic mass is 9.92. The van der Waals surface area contributed by atoms with E-state index in [1.807, 2.05) is 0 Å². The summed E-state index contributed by atoms with van der Waals surface area (Å²) in [6.07, 6.45) is 2.74. The van der Waals surface area contributed by atoms with Gasteiger partial charge in [0.05, 0.1) is 11.3 Å². The van der Waals surface area contributed by atoms with Crippen molar-refractivity contribution in [3.05, 3.63) is 0 Å². The molecule has 2 amide bonds. The Hall–Kier alpha value is -1.10. The highest BCUT2D eigenvalue weighted by molar-refractivity contribution is 5.83. The van der Waals surface area contributed by atoms with Gasteiger partial charge in [0, 0.05) is 12.6 Å². The Labute approximate surface area is 95.9 Å². The molecule has 0 heterocycles. The van der Waals surface area contributed by atoms with Crippen molar-refractivity contribution in [1.29, 1.82) is 0 Å². The van der Waals surface area contributed by atoms with Crippen LogP contribution < -0.4 is 16.8 Å².